The Morgan fingerprint density at radius 1 is 1.33 bits per heavy atom. The third-order valence-electron chi connectivity index (χ3n) is 4.29. The van der Waals surface area contributed by atoms with Crippen molar-refractivity contribution in [3.05, 3.63) is 23.3 Å². The Morgan fingerprint density at radius 3 is 2.38 bits per heavy atom. The van der Waals surface area contributed by atoms with E-state index >= 15 is 0 Å². The van der Waals surface area contributed by atoms with E-state index in [1.165, 1.54) is 4.31 Å². The van der Waals surface area contributed by atoms with Gasteiger partial charge in [-0.05, 0) is 63.5 Å². The molecule has 0 bridgehead atoms. The first-order valence-corrected chi connectivity index (χ1v) is 8.71. The maximum Gasteiger partial charge on any atom is 0.243 e. The van der Waals surface area contributed by atoms with Crippen molar-refractivity contribution in [2.45, 2.75) is 37.6 Å². The van der Waals surface area contributed by atoms with Crippen LogP contribution in [0.5, 0.6) is 0 Å². The highest BCUT2D eigenvalue weighted by atomic mass is 32.2. The number of nitrogen functional groups attached to an aromatic ring is 1. The number of aryl methyl sites for hydroxylation is 2. The van der Waals surface area contributed by atoms with Crippen LogP contribution in [0.15, 0.2) is 17.0 Å². The molecule has 6 heteroatoms. The summed E-state index contributed by atoms with van der Waals surface area (Å²) in [6.07, 6.45) is 2.19. The quantitative estimate of drug-likeness (QED) is 0.858. The Balaban J connectivity index is 2.29. The molecule has 1 aromatic carbocycles. The zero-order chi connectivity index (χ0) is 15.8. The predicted molar refractivity (Wildman–Crippen MR) is 85.8 cm³/mol. The van der Waals surface area contributed by atoms with Gasteiger partial charge in [0.15, 0.2) is 0 Å². The van der Waals surface area contributed by atoms with Crippen molar-refractivity contribution < 1.29 is 8.42 Å². The molecule has 0 saturated carbocycles. The van der Waals surface area contributed by atoms with Gasteiger partial charge in [0.2, 0.25) is 10.0 Å². The lowest BCUT2D eigenvalue weighted by atomic mass is 10.1. The number of hydrogen-bond acceptors (Lipinski definition) is 4. The standard InChI is InChI=1S/C15H25N3O2S/c1-11-8-13(16)9-12(2)15(11)21(19,20)18(4)10-14-6-5-7-17(14)3/h8-9,14H,5-7,10,16H2,1-4H3. The Labute approximate surface area is 127 Å². The van der Waals surface area contributed by atoms with Crippen LogP contribution in [0.4, 0.5) is 5.69 Å². The summed E-state index contributed by atoms with van der Waals surface area (Å²) in [6.45, 7) is 5.16. The molecule has 118 valence electrons. The highest BCUT2D eigenvalue weighted by Crippen LogP contribution is 2.26. The molecule has 0 radical (unpaired) electrons. The second kappa shape index (κ2) is 5.94. The first kappa shape index (κ1) is 16.3. The van der Waals surface area contributed by atoms with E-state index in [9.17, 15) is 8.42 Å². The number of rotatable bonds is 4. The van der Waals surface area contributed by atoms with E-state index in [0.717, 1.165) is 19.4 Å². The summed E-state index contributed by atoms with van der Waals surface area (Å²) in [7, 11) is 0.240. The van der Waals surface area contributed by atoms with Gasteiger partial charge in [-0.3, -0.25) is 0 Å². The highest BCUT2D eigenvalue weighted by molar-refractivity contribution is 7.89. The smallest absolute Gasteiger partial charge is 0.243 e. The van der Waals surface area contributed by atoms with Crippen molar-refractivity contribution in [3.63, 3.8) is 0 Å². The molecule has 1 aromatic rings. The first-order valence-electron chi connectivity index (χ1n) is 7.26. The van der Waals surface area contributed by atoms with Gasteiger partial charge in [-0.1, -0.05) is 0 Å². The van der Waals surface area contributed by atoms with Crippen LogP contribution in [-0.4, -0.2) is 50.8 Å². The second-order valence-corrected chi connectivity index (χ2v) is 8.03. The molecule has 1 heterocycles. The third kappa shape index (κ3) is 3.22. The summed E-state index contributed by atoms with van der Waals surface area (Å²) in [4.78, 5) is 2.62. The predicted octanol–water partition coefficient (Wildman–Crippen LogP) is 1.60. The summed E-state index contributed by atoms with van der Waals surface area (Å²) < 4.78 is 27.2. The number of sulfonamides is 1. The van der Waals surface area contributed by atoms with Gasteiger partial charge >= 0.3 is 0 Å². The fourth-order valence-electron chi connectivity index (χ4n) is 3.15. The molecule has 1 atom stereocenters. The van der Waals surface area contributed by atoms with Gasteiger partial charge in [0.1, 0.15) is 0 Å². The van der Waals surface area contributed by atoms with Crippen LogP contribution >= 0.6 is 0 Å². The van der Waals surface area contributed by atoms with E-state index in [0.29, 0.717) is 34.3 Å². The van der Waals surface area contributed by atoms with Gasteiger partial charge in [-0.15, -0.1) is 0 Å². The molecule has 1 fully saturated rings. The fourth-order valence-corrected chi connectivity index (χ4v) is 4.76. The molecular formula is C15H25N3O2S. The van der Waals surface area contributed by atoms with Gasteiger partial charge in [-0.25, -0.2) is 8.42 Å². The minimum absolute atomic E-state index is 0.305. The summed E-state index contributed by atoms with van der Waals surface area (Å²) in [5.41, 5.74) is 7.80. The lowest BCUT2D eigenvalue weighted by Crippen LogP contribution is -2.39. The minimum atomic E-state index is -3.48. The molecule has 2 N–H and O–H groups in total. The molecule has 0 aromatic heterocycles. The first-order chi connectivity index (χ1) is 9.73. The number of likely N-dealkylation sites (tertiary alicyclic amines) is 1. The van der Waals surface area contributed by atoms with Crippen molar-refractivity contribution in [1.82, 2.24) is 9.21 Å². The van der Waals surface area contributed by atoms with E-state index in [2.05, 4.69) is 11.9 Å². The number of likely N-dealkylation sites (N-methyl/N-ethyl adjacent to an activating group) is 2. The van der Waals surface area contributed by atoms with Gasteiger partial charge in [-0.2, -0.15) is 4.31 Å². The molecule has 1 aliphatic rings. The van der Waals surface area contributed by atoms with E-state index < -0.39 is 10.0 Å². The van der Waals surface area contributed by atoms with Crippen molar-refractivity contribution in [1.29, 1.82) is 0 Å². The summed E-state index contributed by atoms with van der Waals surface area (Å²) >= 11 is 0. The summed E-state index contributed by atoms with van der Waals surface area (Å²) in [5, 5.41) is 0. The number of anilines is 1. The van der Waals surface area contributed by atoms with Crippen molar-refractivity contribution in [3.8, 4) is 0 Å². The monoisotopic (exact) mass is 311 g/mol. The van der Waals surface area contributed by atoms with Crippen LogP contribution in [-0.2, 0) is 10.0 Å². The van der Waals surface area contributed by atoms with Gasteiger partial charge in [0.05, 0.1) is 4.90 Å². The summed E-state index contributed by atoms with van der Waals surface area (Å²) in [5.74, 6) is 0. The molecule has 1 aliphatic heterocycles. The topological polar surface area (TPSA) is 66.6 Å². The van der Waals surface area contributed by atoms with Crippen LogP contribution in [0.2, 0.25) is 0 Å². The maximum absolute atomic E-state index is 12.8. The van der Waals surface area contributed by atoms with Crippen molar-refractivity contribution >= 4 is 15.7 Å². The van der Waals surface area contributed by atoms with Crippen LogP contribution < -0.4 is 5.73 Å². The van der Waals surface area contributed by atoms with E-state index in [4.69, 9.17) is 5.73 Å². The van der Waals surface area contributed by atoms with Crippen LogP contribution in [0.25, 0.3) is 0 Å². The average Bonchev–Trinajstić information content (AvgIpc) is 2.73. The van der Waals surface area contributed by atoms with Crippen molar-refractivity contribution in [2.75, 3.05) is 32.9 Å². The molecular weight excluding hydrogens is 286 g/mol. The maximum atomic E-state index is 12.8. The van der Waals surface area contributed by atoms with Gasteiger partial charge in [0.25, 0.3) is 0 Å². The molecule has 21 heavy (non-hydrogen) atoms. The Morgan fingerprint density at radius 2 is 1.90 bits per heavy atom. The molecule has 0 amide bonds. The second-order valence-electron chi connectivity index (χ2n) is 6.05. The molecule has 2 rings (SSSR count). The largest absolute Gasteiger partial charge is 0.399 e. The zero-order valence-corrected chi connectivity index (χ0v) is 14.1. The lowest BCUT2D eigenvalue weighted by Gasteiger charge is -2.26. The SMILES string of the molecule is Cc1cc(N)cc(C)c1S(=O)(=O)N(C)CC1CCCN1C. The molecule has 0 spiro atoms. The number of hydrogen-bond donors (Lipinski definition) is 1. The number of benzene rings is 1. The average molecular weight is 311 g/mol. The Kier molecular flexibility index (Phi) is 4.60. The molecule has 1 unspecified atom stereocenters. The van der Waals surface area contributed by atoms with Gasteiger partial charge in [0, 0.05) is 25.3 Å². The Bertz CT molecular complexity index is 605. The van der Waals surface area contributed by atoms with Crippen LogP contribution in [0.3, 0.4) is 0 Å². The molecule has 0 aliphatic carbocycles. The van der Waals surface area contributed by atoms with Crippen LogP contribution in [0, 0.1) is 13.8 Å². The van der Waals surface area contributed by atoms with Gasteiger partial charge < -0.3 is 10.6 Å². The highest BCUT2D eigenvalue weighted by Gasteiger charge is 2.30. The van der Waals surface area contributed by atoms with Crippen LogP contribution in [0.1, 0.15) is 24.0 Å². The normalized spacial score (nSPS) is 20.3. The summed E-state index contributed by atoms with van der Waals surface area (Å²) in [6, 6.07) is 3.74. The van der Waals surface area contributed by atoms with E-state index in [1.807, 2.05) is 0 Å². The minimum Gasteiger partial charge on any atom is -0.399 e. The van der Waals surface area contributed by atoms with Crippen molar-refractivity contribution in [2.24, 2.45) is 0 Å². The van der Waals surface area contributed by atoms with E-state index in [1.54, 1.807) is 33.0 Å². The fraction of sp³-hybridized carbons (Fsp3) is 0.600. The third-order valence-corrected chi connectivity index (χ3v) is 6.42. The lowest BCUT2D eigenvalue weighted by molar-refractivity contribution is 0.271. The number of nitrogens with two attached hydrogens (primary N) is 1. The Hall–Kier alpha value is -1.11. The molecule has 1 saturated heterocycles. The zero-order valence-electron chi connectivity index (χ0n) is 13.3. The molecule has 5 nitrogen and oxygen atoms in total. The number of nitrogens with zero attached hydrogens (tertiary/aromatic N) is 2. The van der Waals surface area contributed by atoms with E-state index in [-0.39, 0.29) is 0 Å².